The van der Waals surface area contributed by atoms with E-state index in [9.17, 15) is 4.79 Å². The maximum atomic E-state index is 12.3. The molecule has 2 aromatic rings. The fourth-order valence-electron chi connectivity index (χ4n) is 2.51. The number of fused-ring (bicyclic) bond motifs is 3. The zero-order valence-corrected chi connectivity index (χ0v) is 12.9. The van der Waals surface area contributed by atoms with Crippen LogP contribution in [0.3, 0.4) is 0 Å². The molecule has 1 aromatic carbocycles. The number of hydrogen-bond donors (Lipinski definition) is 1. The van der Waals surface area contributed by atoms with E-state index < -0.39 is 0 Å². The van der Waals surface area contributed by atoms with E-state index in [0.717, 1.165) is 30.1 Å². The van der Waals surface area contributed by atoms with E-state index in [1.807, 2.05) is 42.9 Å². The second-order valence-corrected chi connectivity index (χ2v) is 5.58. The van der Waals surface area contributed by atoms with Crippen LogP contribution in [0.2, 0.25) is 0 Å². The first kappa shape index (κ1) is 14.6. The molecule has 0 saturated heterocycles. The Morgan fingerprint density at radius 2 is 2.23 bits per heavy atom. The lowest BCUT2D eigenvalue weighted by atomic mass is 10.2. The van der Waals surface area contributed by atoms with Gasteiger partial charge in [0.25, 0.3) is 5.91 Å². The summed E-state index contributed by atoms with van der Waals surface area (Å²) in [4.78, 5) is 18.6. The quantitative estimate of drug-likeness (QED) is 0.849. The van der Waals surface area contributed by atoms with Gasteiger partial charge in [-0.1, -0.05) is 12.1 Å². The summed E-state index contributed by atoms with van der Waals surface area (Å²) >= 11 is 0. The van der Waals surface area contributed by atoms with Crippen LogP contribution in [0.15, 0.2) is 30.6 Å². The Balaban J connectivity index is 1.72. The summed E-state index contributed by atoms with van der Waals surface area (Å²) < 4.78 is 7.63. The number of amides is 1. The number of imidazole rings is 1. The van der Waals surface area contributed by atoms with Crippen LogP contribution in [0.1, 0.15) is 22.6 Å². The standard InChI is InChI=1S/C16H20N4O2/c1-19(2)9-5-8-17-16(21)15-13-10-22-14-7-4-3-6-12(14)20(13)11-18-15/h3-4,6-7,11H,5,8-10H2,1-2H3,(H,17,21). The van der Waals surface area contributed by atoms with Gasteiger partial charge in [-0.2, -0.15) is 0 Å². The van der Waals surface area contributed by atoms with Crippen LogP contribution in [-0.4, -0.2) is 47.5 Å². The van der Waals surface area contributed by atoms with Gasteiger partial charge in [-0.25, -0.2) is 4.98 Å². The number of ether oxygens (including phenoxy) is 1. The molecule has 22 heavy (non-hydrogen) atoms. The molecule has 1 aromatic heterocycles. The molecule has 116 valence electrons. The second-order valence-electron chi connectivity index (χ2n) is 5.58. The highest BCUT2D eigenvalue weighted by Crippen LogP contribution is 2.30. The number of nitrogens with zero attached hydrogens (tertiary/aromatic N) is 3. The van der Waals surface area contributed by atoms with E-state index in [2.05, 4.69) is 15.2 Å². The summed E-state index contributed by atoms with van der Waals surface area (Å²) in [5.74, 6) is 0.667. The molecule has 1 aliphatic heterocycles. The average molecular weight is 300 g/mol. The summed E-state index contributed by atoms with van der Waals surface area (Å²) in [7, 11) is 4.03. The number of benzene rings is 1. The lowest BCUT2D eigenvalue weighted by molar-refractivity contribution is 0.0944. The molecule has 0 spiro atoms. The van der Waals surface area contributed by atoms with E-state index >= 15 is 0 Å². The lowest BCUT2D eigenvalue weighted by Crippen LogP contribution is -2.28. The number of nitrogens with one attached hydrogen (secondary N) is 1. The molecule has 1 amide bonds. The molecule has 2 heterocycles. The molecule has 6 heteroatoms. The van der Waals surface area contributed by atoms with Gasteiger partial charge in [-0.3, -0.25) is 9.36 Å². The maximum Gasteiger partial charge on any atom is 0.271 e. The zero-order chi connectivity index (χ0) is 15.5. The highest BCUT2D eigenvalue weighted by molar-refractivity contribution is 5.93. The first-order valence-electron chi connectivity index (χ1n) is 7.38. The van der Waals surface area contributed by atoms with Crippen LogP contribution in [0.5, 0.6) is 5.75 Å². The summed E-state index contributed by atoms with van der Waals surface area (Å²) in [6, 6.07) is 7.75. The summed E-state index contributed by atoms with van der Waals surface area (Å²) in [5, 5.41) is 2.92. The first-order valence-corrected chi connectivity index (χ1v) is 7.38. The Morgan fingerprint density at radius 3 is 3.05 bits per heavy atom. The van der Waals surface area contributed by atoms with Gasteiger partial charge in [0, 0.05) is 6.54 Å². The van der Waals surface area contributed by atoms with Gasteiger partial charge in [0.2, 0.25) is 0 Å². The number of carbonyl (C=O) groups is 1. The van der Waals surface area contributed by atoms with Gasteiger partial charge in [0.05, 0.1) is 11.4 Å². The lowest BCUT2D eigenvalue weighted by Gasteiger charge is -2.20. The van der Waals surface area contributed by atoms with Crippen molar-refractivity contribution in [3.63, 3.8) is 0 Å². The van der Waals surface area contributed by atoms with Gasteiger partial charge in [-0.15, -0.1) is 0 Å². The molecule has 0 bridgehead atoms. The van der Waals surface area contributed by atoms with Crippen molar-refractivity contribution >= 4 is 5.91 Å². The van der Waals surface area contributed by atoms with E-state index in [1.54, 1.807) is 6.33 Å². The largest absolute Gasteiger partial charge is 0.485 e. The summed E-state index contributed by atoms with van der Waals surface area (Å²) in [6.07, 6.45) is 2.60. The van der Waals surface area contributed by atoms with Gasteiger partial charge in [0.1, 0.15) is 18.7 Å². The fraction of sp³-hybridized carbons (Fsp3) is 0.375. The minimum Gasteiger partial charge on any atom is -0.485 e. The first-order chi connectivity index (χ1) is 10.7. The van der Waals surface area contributed by atoms with E-state index in [1.165, 1.54) is 0 Å². The van der Waals surface area contributed by atoms with Gasteiger partial charge in [0.15, 0.2) is 5.69 Å². The molecule has 1 aliphatic rings. The zero-order valence-electron chi connectivity index (χ0n) is 12.9. The Hall–Kier alpha value is -2.34. The molecule has 0 atom stereocenters. The molecule has 6 nitrogen and oxygen atoms in total. The van der Waals surface area contributed by atoms with Crippen LogP contribution < -0.4 is 10.1 Å². The highest BCUT2D eigenvalue weighted by Gasteiger charge is 2.24. The number of carbonyl (C=O) groups excluding carboxylic acids is 1. The molecule has 0 aliphatic carbocycles. The van der Waals surface area contributed by atoms with Crippen LogP contribution in [0, 0.1) is 0 Å². The van der Waals surface area contributed by atoms with Crippen molar-refractivity contribution in [2.75, 3.05) is 27.2 Å². The van der Waals surface area contributed by atoms with Crippen LogP contribution >= 0.6 is 0 Å². The SMILES string of the molecule is CN(C)CCCNC(=O)c1ncn2c1COc1ccccc1-2. The topological polar surface area (TPSA) is 59.4 Å². The minimum absolute atomic E-state index is 0.143. The van der Waals surface area contributed by atoms with E-state index in [0.29, 0.717) is 18.8 Å². The van der Waals surface area contributed by atoms with Gasteiger partial charge >= 0.3 is 0 Å². The minimum atomic E-state index is -0.143. The fourth-order valence-corrected chi connectivity index (χ4v) is 2.51. The van der Waals surface area contributed by atoms with Crippen molar-refractivity contribution in [1.82, 2.24) is 19.8 Å². The van der Waals surface area contributed by atoms with Gasteiger partial charge < -0.3 is 15.0 Å². The van der Waals surface area contributed by atoms with Crippen molar-refractivity contribution in [3.05, 3.63) is 42.0 Å². The molecular formula is C16H20N4O2. The van der Waals surface area contributed by atoms with Crippen molar-refractivity contribution in [2.45, 2.75) is 13.0 Å². The molecule has 0 radical (unpaired) electrons. The molecule has 0 unspecified atom stereocenters. The third-order valence-corrected chi connectivity index (χ3v) is 3.64. The molecule has 0 fully saturated rings. The Morgan fingerprint density at radius 1 is 1.41 bits per heavy atom. The number of aromatic nitrogens is 2. The third kappa shape index (κ3) is 2.82. The average Bonchev–Trinajstić information content (AvgIpc) is 2.95. The monoisotopic (exact) mass is 300 g/mol. The van der Waals surface area contributed by atoms with E-state index in [4.69, 9.17) is 4.74 Å². The highest BCUT2D eigenvalue weighted by atomic mass is 16.5. The molecule has 1 N–H and O–H groups in total. The Kier molecular flexibility index (Phi) is 4.11. The number of para-hydroxylation sites is 2. The summed E-state index contributed by atoms with van der Waals surface area (Å²) in [6.45, 7) is 1.94. The van der Waals surface area contributed by atoms with Gasteiger partial charge in [-0.05, 0) is 39.2 Å². The number of rotatable bonds is 5. The Labute approximate surface area is 129 Å². The smallest absolute Gasteiger partial charge is 0.271 e. The second kappa shape index (κ2) is 6.19. The summed E-state index contributed by atoms with van der Waals surface area (Å²) in [5.41, 5.74) is 2.16. The van der Waals surface area contributed by atoms with Crippen LogP contribution in [0.25, 0.3) is 5.69 Å². The van der Waals surface area contributed by atoms with Crippen LogP contribution in [-0.2, 0) is 6.61 Å². The normalized spacial score (nSPS) is 12.5. The molecular weight excluding hydrogens is 280 g/mol. The van der Waals surface area contributed by atoms with Crippen molar-refractivity contribution < 1.29 is 9.53 Å². The number of hydrogen-bond acceptors (Lipinski definition) is 4. The van der Waals surface area contributed by atoms with Crippen molar-refractivity contribution in [1.29, 1.82) is 0 Å². The van der Waals surface area contributed by atoms with Crippen LogP contribution in [0.4, 0.5) is 0 Å². The predicted octanol–water partition coefficient (Wildman–Crippen LogP) is 1.45. The molecule has 3 rings (SSSR count). The van der Waals surface area contributed by atoms with Crippen molar-refractivity contribution in [2.24, 2.45) is 0 Å². The predicted molar refractivity (Wildman–Crippen MR) is 83.4 cm³/mol. The third-order valence-electron chi connectivity index (χ3n) is 3.64. The Bertz CT molecular complexity index is 679. The van der Waals surface area contributed by atoms with Crippen molar-refractivity contribution in [3.8, 4) is 11.4 Å². The maximum absolute atomic E-state index is 12.3. The van der Waals surface area contributed by atoms with E-state index in [-0.39, 0.29) is 5.91 Å². The molecule has 0 saturated carbocycles.